The molecular formula is C26H27NO6. The van der Waals surface area contributed by atoms with Gasteiger partial charge in [-0.25, -0.2) is 9.59 Å². The van der Waals surface area contributed by atoms with E-state index in [1.165, 1.54) is 0 Å². The van der Waals surface area contributed by atoms with Gasteiger partial charge >= 0.3 is 12.1 Å². The van der Waals surface area contributed by atoms with Gasteiger partial charge in [0.2, 0.25) is 0 Å². The van der Waals surface area contributed by atoms with Crippen molar-refractivity contribution >= 4 is 12.1 Å². The largest absolute Gasteiger partial charge is 0.504 e. The first-order valence-electron chi connectivity index (χ1n) is 11.3. The van der Waals surface area contributed by atoms with Crippen molar-refractivity contribution in [1.29, 1.82) is 0 Å². The summed E-state index contributed by atoms with van der Waals surface area (Å²) < 4.78 is 17.5. The van der Waals surface area contributed by atoms with E-state index in [2.05, 4.69) is 13.5 Å². The number of benzene rings is 2. The Balaban J connectivity index is 1.47. The van der Waals surface area contributed by atoms with Gasteiger partial charge in [-0.3, -0.25) is 0 Å². The van der Waals surface area contributed by atoms with Crippen molar-refractivity contribution < 1.29 is 28.9 Å². The number of phenolic OH excluding ortho intramolecular Hbond substituents is 1. The number of phenols is 1. The van der Waals surface area contributed by atoms with Crippen molar-refractivity contribution in [3.8, 4) is 11.5 Å². The van der Waals surface area contributed by atoms with Crippen LogP contribution >= 0.6 is 0 Å². The summed E-state index contributed by atoms with van der Waals surface area (Å²) in [5.74, 6) is 0.151. The number of amides is 1. The number of hydrogen-bond acceptors (Lipinski definition) is 6. The lowest BCUT2D eigenvalue weighted by atomic mass is 9.69. The molecule has 1 saturated carbocycles. The van der Waals surface area contributed by atoms with E-state index in [4.69, 9.17) is 14.2 Å². The van der Waals surface area contributed by atoms with Crippen molar-refractivity contribution in [2.45, 2.75) is 43.9 Å². The molecule has 3 aliphatic rings. The number of ether oxygens (including phenoxy) is 3. The van der Waals surface area contributed by atoms with Crippen LogP contribution in [-0.4, -0.2) is 47.4 Å². The Morgan fingerprint density at radius 2 is 2.06 bits per heavy atom. The Bertz CT molecular complexity index is 1100. The fourth-order valence-electron chi connectivity index (χ4n) is 5.73. The highest BCUT2D eigenvalue weighted by Gasteiger charge is 2.63. The van der Waals surface area contributed by atoms with Gasteiger partial charge in [0.05, 0.1) is 5.56 Å². The average Bonchev–Trinajstić information content (AvgIpc) is 3.20. The second-order valence-electron chi connectivity index (χ2n) is 8.97. The number of carbonyl (C=O) groups is 2. The summed E-state index contributed by atoms with van der Waals surface area (Å²) in [5.41, 5.74) is 1.88. The third-order valence-corrected chi connectivity index (χ3v) is 7.35. The van der Waals surface area contributed by atoms with E-state index in [-0.39, 0.29) is 36.5 Å². The summed E-state index contributed by atoms with van der Waals surface area (Å²) >= 11 is 0. The van der Waals surface area contributed by atoms with E-state index in [1.807, 2.05) is 24.3 Å². The minimum Gasteiger partial charge on any atom is -0.504 e. The summed E-state index contributed by atoms with van der Waals surface area (Å²) in [6.07, 6.45) is 1.68. The van der Waals surface area contributed by atoms with Crippen LogP contribution in [0.4, 0.5) is 4.79 Å². The summed E-state index contributed by atoms with van der Waals surface area (Å²) in [4.78, 5) is 27.1. The van der Waals surface area contributed by atoms with Gasteiger partial charge in [-0.1, -0.05) is 43.8 Å². The zero-order valence-electron chi connectivity index (χ0n) is 18.5. The molecule has 1 N–H and O–H groups in total. The molecule has 0 radical (unpaired) electrons. The van der Waals surface area contributed by atoms with Gasteiger partial charge < -0.3 is 24.2 Å². The lowest BCUT2D eigenvalue weighted by Gasteiger charge is -2.34. The molecule has 7 nitrogen and oxygen atoms in total. The summed E-state index contributed by atoms with van der Waals surface area (Å²) in [6, 6.07) is 12.4. The highest BCUT2D eigenvalue weighted by atomic mass is 16.6. The fourth-order valence-corrected chi connectivity index (χ4v) is 5.73. The average molecular weight is 450 g/mol. The third-order valence-electron chi connectivity index (χ3n) is 7.35. The van der Waals surface area contributed by atoms with E-state index in [9.17, 15) is 14.7 Å². The molecule has 1 amide bonds. The maximum atomic E-state index is 12.8. The molecule has 4 atom stereocenters. The molecule has 1 spiro atoms. The van der Waals surface area contributed by atoms with Crippen LogP contribution in [0.15, 0.2) is 55.1 Å². The van der Waals surface area contributed by atoms with Crippen LogP contribution in [0.25, 0.3) is 0 Å². The molecule has 2 aromatic carbocycles. The highest BCUT2D eigenvalue weighted by Crippen LogP contribution is 2.61. The maximum absolute atomic E-state index is 12.8. The first-order valence-corrected chi connectivity index (χ1v) is 11.3. The molecule has 5 rings (SSSR count). The van der Waals surface area contributed by atoms with E-state index in [1.54, 1.807) is 29.2 Å². The molecule has 2 aromatic rings. The molecule has 2 heterocycles. The van der Waals surface area contributed by atoms with Crippen molar-refractivity contribution in [3.63, 3.8) is 0 Å². The second kappa shape index (κ2) is 8.14. The molecule has 1 aliphatic carbocycles. The van der Waals surface area contributed by atoms with Crippen molar-refractivity contribution in [2.75, 3.05) is 13.2 Å². The molecule has 0 saturated heterocycles. The number of esters is 1. The molecule has 1 fully saturated rings. The van der Waals surface area contributed by atoms with Gasteiger partial charge in [0.1, 0.15) is 18.8 Å². The van der Waals surface area contributed by atoms with Crippen LogP contribution in [0.2, 0.25) is 0 Å². The van der Waals surface area contributed by atoms with Crippen molar-refractivity contribution in [3.05, 3.63) is 71.8 Å². The van der Waals surface area contributed by atoms with E-state index in [0.717, 1.165) is 11.1 Å². The highest BCUT2D eigenvalue weighted by molar-refractivity contribution is 5.89. The third kappa shape index (κ3) is 3.34. The van der Waals surface area contributed by atoms with Crippen molar-refractivity contribution in [2.24, 2.45) is 5.92 Å². The van der Waals surface area contributed by atoms with Gasteiger partial charge in [-0.15, -0.1) is 0 Å². The van der Waals surface area contributed by atoms with E-state index < -0.39 is 11.5 Å². The predicted molar refractivity (Wildman–Crippen MR) is 120 cm³/mol. The first kappa shape index (κ1) is 21.4. The second-order valence-corrected chi connectivity index (χ2v) is 8.97. The number of aromatic hydroxyl groups is 1. The molecule has 2 aliphatic heterocycles. The lowest BCUT2D eigenvalue weighted by Crippen LogP contribution is -2.41. The van der Waals surface area contributed by atoms with Gasteiger partial charge in [0, 0.05) is 36.4 Å². The van der Waals surface area contributed by atoms with Gasteiger partial charge in [0.25, 0.3) is 0 Å². The molecule has 0 bridgehead atoms. The minimum atomic E-state index is -0.474. The van der Waals surface area contributed by atoms with E-state index >= 15 is 0 Å². The number of nitrogens with zero attached hydrogens (tertiary/aromatic N) is 1. The zero-order chi connectivity index (χ0) is 23.2. The van der Waals surface area contributed by atoms with Gasteiger partial charge in [0.15, 0.2) is 11.5 Å². The Kier molecular flexibility index (Phi) is 5.27. The van der Waals surface area contributed by atoms with E-state index in [0.29, 0.717) is 37.2 Å². The predicted octanol–water partition coefficient (Wildman–Crippen LogP) is 4.18. The number of carbonyl (C=O) groups excluding carboxylic acids is 2. The SMILES string of the molecule is C=CCOC(=O)N1CC[C@]23c4c(ccc(O)c4O[C@H]2C[C@@H](OC(=O)c2ccccc2)C3C)C1. The van der Waals surface area contributed by atoms with Crippen LogP contribution in [0, 0.1) is 5.92 Å². The van der Waals surface area contributed by atoms with Gasteiger partial charge in [-0.05, 0) is 30.2 Å². The Labute approximate surface area is 192 Å². The Morgan fingerprint density at radius 1 is 1.27 bits per heavy atom. The first-order chi connectivity index (χ1) is 16.0. The quantitative estimate of drug-likeness (QED) is 0.557. The molecule has 7 heteroatoms. The van der Waals surface area contributed by atoms with Crippen molar-refractivity contribution in [1.82, 2.24) is 4.90 Å². The van der Waals surface area contributed by atoms with Gasteiger partial charge in [-0.2, -0.15) is 0 Å². The van der Waals surface area contributed by atoms with Crippen LogP contribution in [0.1, 0.15) is 41.3 Å². The molecular weight excluding hydrogens is 422 g/mol. The van der Waals surface area contributed by atoms with Crippen LogP contribution in [0.5, 0.6) is 11.5 Å². The monoisotopic (exact) mass is 449 g/mol. The normalized spacial score (nSPS) is 27.1. The zero-order valence-corrected chi connectivity index (χ0v) is 18.5. The molecule has 0 aromatic heterocycles. The maximum Gasteiger partial charge on any atom is 0.410 e. The molecule has 1 unspecified atom stereocenters. The van der Waals surface area contributed by atoms with Crippen LogP contribution in [0.3, 0.4) is 0 Å². The lowest BCUT2D eigenvalue weighted by molar-refractivity contribution is 0.0173. The Hall–Kier alpha value is -3.48. The standard InChI is InChI=1S/C26H27NO6/c1-3-13-31-25(30)27-12-11-26-16(2)20(32-24(29)17-7-5-4-6-8-17)14-21(26)33-23-19(28)10-9-18(15-27)22(23)26/h3-10,16,20-21,28H,1,11-15H2,2H3/t16?,20-,21+,26-/m1/s1. The van der Waals surface area contributed by atoms with Crippen LogP contribution in [-0.2, 0) is 21.4 Å². The topological polar surface area (TPSA) is 85.3 Å². The molecule has 172 valence electrons. The smallest absolute Gasteiger partial charge is 0.410 e. The minimum absolute atomic E-state index is 0.0684. The summed E-state index contributed by atoms with van der Waals surface area (Å²) in [6.45, 7) is 6.64. The summed E-state index contributed by atoms with van der Waals surface area (Å²) in [5, 5.41) is 10.5. The fraction of sp³-hybridized carbons (Fsp3) is 0.385. The number of hydrogen-bond donors (Lipinski definition) is 1. The van der Waals surface area contributed by atoms with Crippen LogP contribution < -0.4 is 4.74 Å². The summed E-state index contributed by atoms with van der Waals surface area (Å²) in [7, 11) is 0. The molecule has 33 heavy (non-hydrogen) atoms. The number of rotatable bonds is 4. The Morgan fingerprint density at radius 3 is 2.82 bits per heavy atom.